The maximum Gasteiger partial charge on any atom is 0.387 e. The Morgan fingerprint density at radius 3 is 2.35 bits per heavy atom. The fraction of sp³-hybridized carbons (Fsp3) is 0.300. The second-order valence-electron chi connectivity index (χ2n) is 7.28. The second-order valence-corrected chi connectivity index (χ2v) is 9.44. The molecule has 1 heterocycles. The molecule has 31 heavy (non-hydrogen) atoms. The standard InChI is InChI=1S/C20H21F2N3O5S/c1-20(14-7-9-15(10-8-14)30-18(21)22)17(26)25(19(27)23-20)12-13-5-4-6-16(11-13)31(28,29)24(2)3/h4-11,18H,12H2,1-3H3,(H,23,27)/t20-/m0/s1. The molecular weight excluding hydrogens is 432 g/mol. The molecule has 1 aliphatic heterocycles. The second kappa shape index (κ2) is 8.23. The Morgan fingerprint density at radius 1 is 1.13 bits per heavy atom. The normalized spacial score (nSPS) is 19.3. The number of ether oxygens (including phenoxy) is 1. The molecule has 0 radical (unpaired) electrons. The van der Waals surface area contributed by atoms with Crippen molar-refractivity contribution < 1.29 is 31.5 Å². The molecule has 8 nitrogen and oxygen atoms in total. The summed E-state index contributed by atoms with van der Waals surface area (Å²) in [4.78, 5) is 26.6. The summed E-state index contributed by atoms with van der Waals surface area (Å²) < 4.78 is 54.7. The first-order chi connectivity index (χ1) is 14.4. The van der Waals surface area contributed by atoms with Gasteiger partial charge in [-0.3, -0.25) is 9.69 Å². The summed E-state index contributed by atoms with van der Waals surface area (Å²) in [5.74, 6) is -0.629. The zero-order valence-corrected chi connectivity index (χ0v) is 17.8. The van der Waals surface area contributed by atoms with Crippen LogP contribution in [0.1, 0.15) is 18.1 Å². The lowest BCUT2D eigenvalue weighted by Crippen LogP contribution is -2.40. The summed E-state index contributed by atoms with van der Waals surface area (Å²) in [6.45, 7) is -1.61. The van der Waals surface area contributed by atoms with E-state index < -0.39 is 34.1 Å². The van der Waals surface area contributed by atoms with Gasteiger partial charge in [0.15, 0.2) is 0 Å². The third-order valence-corrected chi connectivity index (χ3v) is 6.76. The van der Waals surface area contributed by atoms with E-state index in [0.717, 1.165) is 9.21 Å². The Bertz CT molecular complexity index is 1110. The maximum absolute atomic E-state index is 13.1. The predicted molar refractivity (Wildman–Crippen MR) is 107 cm³/mol. The molecule has 1 saturated heterocycles. The van der Waals surface area contributed by atoms with Crippen LogP contribution in [-0.4, -0.2) is 50.3 Å². The van der Waals surface area contributed by atoms with Gasteiger partial charge in [-0.1, -0.05) is 24.3 Å². The van der Waals surface area contributed by atoms with Gasteiger partial charge in [0.05, 0.1) is 11.4 Å². The molecule has 0 aromatic heterocycles. The Labute approximate surface area is 178 Å². The molecule has 2 aromatic rings. The molecule has 0 spiro atoms. The van der Waals surface area contributed by atoms with E-state index in [1.54, 1.807) is 6.07 Å². The molecule has 0 aliphatic carbocycles. The molecule has 0 saturated carbocycles. The van der Waals surface area contributed by atoms with Gasteiger partial charge in [0.1, 0.15) is 11.3 Å². The highest BCUT2D eigenvalue weighted by atomic mass is 32.2. The molecule has 1 fully saturated rings. The van der Waals surface area contributed by atoms with E-state index in [1.807, 2.05) is 0 Å². The van der Waals surface area contributed by atoms with Gasteiger partial charge in [0.25, 0.3) is 5.91 Å². The molecule has 1 atom stereocenters. The molecule has 3 rings (SSSR count). The van der Waals surface area contributed by atoms with Gasteiger partial charge in [-0.15, -0.1) is 0 Å². The highest BCUT2D eigenvalue weighted by Gasteiger charge is 2.48. The molecule has 1 N–H and O–H groups in total. The Morgan fingerprint density at radius 2 is 1.77 bits per heavy atom. The van der Waals surface area contributed by atoms with Gasteiger partial charge in [-0.25, -0.2) is 17.5 Å². The number of carbonyl (C=O) groups excluding carboxylic acids is 2. The van der Waals surface area contributed by atoms with E-state index in [9.17, 15) is 26.8 Å². The number of benzene rings is 2. The van der Waals surface area contributed by atoms with E-state index in [2.05, 4.69) is 10.1 Å². The smallest absolute Gasteiger partial charge is 0.387 e. The molecular formula is C20H21F2N3O5S. The summed E-state index contributed by atoms with van der Waals surface area (Å²) in [6, 6.07) is 10.7. The van der Waals surface area contributed by atoms with Crippen LogP contribution in [0, 0.1) is 0 Å². The van der Waals surface area contributed by atoms with Crippen LogP contribution in [0.4, 0.5) is 13.6 Å². The fourth-order valence-corrected chi connectivity index (χ4v) is 4.18. The van der Waals surface area contributed by atoms with Crippen LogP contribution in [0.2, 0.25) is 0 Å². The number of amides is 3. The van der Waals surface area contributed by atoms with Crippen molar-refractivity contribution in [3.05, 3.63) is 59.7 Å². The van der Waals surface area contributed by atoms with E-state index >= 15 is 0 Å². The number of carbonyl (C=O) groups is 2. The van der Waals surface area contributed by atoms with Crippen molar-refractivity contribution in [1.82, 2.24) is 14.5 Å². The summed E-state index contributed by atoms with van der Waals surface area (Å²) in [5.41, 5.74) is -0.566. The number of sulfonamides is 1. The highest BCUT2D eigenvalue weighted by molar-refractivity contribution is 7.89. The minimum Gasteiger partial charge on any atom is -0.435 e. The quantitative estimate of drug-likeness (QED) is 0.650. The van der Waals surface area contributed by atoms with Crippen LogP contribution in [0.5, 0.6) is 5.75 Å². The van der Waals surface area contributed by atoms with Gasteiger partial charge < -0.3 is 10.1 Å². The average Bonchev–Trinajstić information content (AvgIpc) is 2.92. The van der Waals surface area contributed by atoms with Crippen molar-refractivity contribution in [3.8, 4) is 5.75 Å². The van der Waals surface area contributed by atoms with Gasteiger partial charge in [-0.05, 0) is 42.3 Å². The van der Waals surface area contributed by atoms with Crippen LogP contribution >= 0.6 is 0 Å². The van der Waals surface area contributed by atoms with Crippen LogP contribution in [0.3, 0.4) is 0 Å². The Hall–Kier alpha value is -3.05. The minimum atomic E-state index is -3.67. The number of halogens is 2. The third-order valence-electron chi connectivity index (χ3n) is 4.95. The van der Waals surface area contributed by atoms with E-state index in [0.29, 0.717) is 11.1 Å². The zero-order chi connectivity index (χ0) is 23.0. The van der Waals surface area contributed by atoms with E-state index in [1.165, 1.54) is 63.5 Å². The molecule has 3 amide bonds. The van der Waals surface area contributed by atoms with Gasteiger partial charge >= 0.3 is 12.6 Å². The fourth-order valence-electron chi connectivity index (χ4n) is 3.20. The lowest BCUT2D eigenvalue weighted by molar-refractivity contribution is -0.131. The largest absolute Gasteiger partial charge is 0.435 e. The monoisotopic (exact) mass is 453 g/mol. The maximum atomic E-state index is 13.1. The summed E-state index contributed by atoms with van der Waals surface area (Å²) >= 11 is 0. The van der Waals surface area contributed by atoms with Crippen molar-refractivity contribution >= 4 is 22.0 Å². The lowest BCUT2D eigenvalue weighted by atomic mass is 9.92. The van der Waals surface area contributed by atoms with Gasteiger partial charge in [-0.2, -0.15) is 8.78 Å². The Kier molecular flexibility index (Phi) is 6.01. The minimum absolute atomic E-state index is 0.0411. The van der Waals surface area contributed by atoms with Crippen LogP contribution in [0.15, 0.2) is 53.4 Å². The number of imide groups is 1. The molecule has 1 aliphatic rings. The summed E-state index contributed by atoms with van der Waals surface area (Å²) in [5, 5.41) is 2.61. The number of rotatable bonds is 7. The third kappa shape index (κ3) is 4.37. The van der Waals surface area contributed by atoms with Crippen LogP contribution in [-0.2, 0) is 26.9 Å². The van der Waals surface area contributed by atoms with E-state index in [4.69, 9.17) is 0 Å². The van der Waals surface area contributed by atoms with Crippen molar-refractivity contribution in [2.75, 3.05) is 14.1 Å². The number of alkyl halides is 2. The molecule has 11 heteroatoms. The molecule has 0 unspecified atom stereocenters. The van der Waals surface area contributed by atoms with Crippen LogP contribution < -0.4 is 10.1 Å². The lowest BCUT2D eigenvalue weighted by Gasteiger charge is -2.22. The number of hydrogen-bond donors (Lipinski definition) is 1. The number of urea groups is 1. The number of nitrogens with zero attached hydrogens (tertiary/aromatic N) is 2. The number of nitrogens with one attached hydrogen (secondary N) is 1. The van der Waals surface area contributed by atoms with Crippen LogP contribution in [0.25, 0.3) is 0 Å². The zero-order valence-electron chi connectivity index (χ0n) is 17.0. The summed E-state index contributed by atoms with van der Waals surface area (Å²) in [6.07, 6.45) is 0. The first-order valence-corrected chi connectivity index (χ1v) is 10.6. The van der Waals surface area contributed by atoms with Crippen molar-refractivity contribution in [1.29, 1.82) is 0 Å². The average molecular weight is 453 g/mol. The molecule has 0 bridgehead atoms. The molecule has 2 aromatic carbocycles. The van der Waals surface area contributed by atoms with Crippen molar-refractivity contribution in [3.63, 3.8) is 0 Å². The van der Waals surface area contributed by atoms with Crippen molar-refractivity contribution in [2.45, 2.75) is 30.5 Å². The van der Waals surface area contributed by atoms with E-state index in [-0.39, 0.29) is 17.2 Å². The highest BCUT2D eigenvalue weighted by Crippen LogP contribution is 2.31. The van der Waals surface area contributed by atoms with Gasteiger partial charge in [0, 0.05) is 14.1 Å². The molecule has 166 valence electrons. The van der Waals surface area contributed by atoms with Crippen molar-refractivity contribution in [2.24, 2.45) is 0 Å². The topological polar surface area (TPSA) is 96.0 Å². The SMILES string of the molecule is CN(C)S(=O)(=O)c1cccc(CN2C(=O)N[C@@](C)(c3ccc(OC(F)F)cc3)C2=O)c1. The first kappa shape index (κ1) is 22.6. The summed E-state index contributed by atoms with van der Waals surface area (Å²) in [7, 11) is -0.864. The Balaban J connectivity index is 1.84. The first-order valence-electron chi connectivity index (χ1n) is 9.16. The van der Waals surface area contributed by atoms with Gasteiger partial charge in [0.2, 0.25) is 10.0 Å². The number of hydrogen-bond acceptors (Lipinski definition) is 5. The predicted octanol–water partition coefficient (Wildman–Crippen LogP) is 2.51.